The first-order valence-corrected chi connectivity index (χ1v) is 8.06. The van der Waals surface area contributed by atoms with Crippen molar-refractivity contribution in [3.63, 3.8) is 0 Å². The summed E-state index contributed by atoms with van der Waals surface area (Å²) in [7, 11) is 0. The Morgan fingerprint density at radius 1 is 1.23 bits per heavy atom. The average molecular weight is 298 g/mol. The highest BCUT2D eigenvalue weighted by Gasteiger charge is 2.43. The maximum absolute atomic E-state index is 6.28. The third-order valence-corrected chi connectivity index (χ3v) is 4.91. The van der Waals surface area contributed by atoms with E-state index < -0.39 is 0 Å². The molecule has 0 unspecified atom stereocenters. The van der Waals surface area contributed by atoms with Gasteiger partial charge in [0.1, 0.15) is 0 Å². The van der Waals surface area contributed by atoms with Gasteiger partial charge in [0.15, 0.2) is 0 Å². The van der Waals surface area contributed by atoms with Crippen LogP contribution in [0.25, 0.3) is 0 Å². The maximum atomic E-state index is 6.28. The van der Waals surface area contributed by atoms with Crippen molar-refractivity contribution >= 4 is 0 Å². The van der Waals surface area contributed by atoms with Crippen molar-refractivity contribution in [2.24, 2.45) is 0 Å². The first-order chi connectivity index (χ1) is 10.8. The highest BCUT2D eigenvalue weighted by atomic mass is 16.5. The SMILES string of the molecule is c1cc(CN2CCC[C@]3(C[C@@H](n4ccnc4)CO3)C2)ccn1. The number of hydrogen-bond donors (Lipinski definition) is 0. The van der Waals surface area contributed by atoms with E-state index in [1.54, 1.807) is 0 Å². The Morgan fingerprint density at radius 2 is 2.14 bits per heavy atom. The van der Waals surface area contributed by atoms with Crippen LogP contribution in [0.3, 0.4) is 0 Å². The van der Waals surface area contributed by atoms with Crippen LogP contribution in [0.2, 0.25) is 0 Å². The summed E-state index contributed by atoms with van der Waals surface area (Å²) in [5.41, 5.74) is 1.36. The lowest BCUT2D eigenvalue weighted by Gasteiger charge is -2.39. The third-order valence-electron chi connectivity index (χ3n) is 4.91. The summed E-state index contributed by atoms with van der Waals surface area (Å²) in [4.78, 5) is 10.8. The number of aromatic nitrogens is 3. The molecule has 4 heterocycles. The third kappa shape index (κ3) is 2.78. The zero-order valence-electron chi connectivity index (χ0n) is 12.8. The van der Waals surface area contributed by atoms with Gasteiger partial charge in [-0.25, -0.2) is 4.98 Å². The van der Waals surface area contributed by atoms with Gasteiger partial charge in [-0.1, -0.05) is 0 Å². The van der Waals surface area contributed by atoms with Crippen LogP contribution >= 0.6 is 0 Å². The molecule has 0 amide bonds. The molecule has 4 rings (SSSR count). The molecular formula is C17H22N4O. The second-order valence-corrected chi connectivity index (χ2v) is 6.53. The smallest absolute Gasteiger partial charge is 0.0949 e. The van der Waals surface area contributed by atoms with E-state index >= 15 is 0 Å². The summed E-state index contributed by atoms with van der Waals surface area (Å²) in [5, 5.41) is 0. The summed E-state index contributed by atoms with van der Waals surface area (Å²) in [6.45, 7) is 3.98. The highest BCUT2D eigenvalue weighted by molar-refractivity contribution is 5.10. The summed E-state index contributed by atoms with van der Waals surface area (Å²) in [6.07, 6.45) is 13.0. The number of ether oxygens (including phenoxy) is 1. The van der Waals surface area contributed by atoms with Crippen LogP contribution in [-0.4, -0.2) is 44.7 Å². The molecule has 5 nitrogen and oxygen atoms in total. The lowest BCUT2D eigenvalue weighted by Crippen LogP contribution is -2.47. The average Bonchev–Trinajstić information content (AvgIpc) is 3.19. The molecule has 116 valence electrons. The molecule has 0 saturated carbocycles. The molecule has 2 atom stereocenters. The zero-order chi connectivity index (χ0) is 14.8. The zero-order valence-corrected chi connectivity index (χ0v) is 12.8. The molecule has 2 aromatic rings. The number of nitrogens with zero attached hydrogens (tertiary/aromatic N) is 4. The molecule has 0 aliphatic carbocycles. The predicted molar refractivity (Wildman–Crippen MR) is 83.3 cm³/mol. The normalized spacial score (nSPS) is 29.2. The molecule has 0 radical (unpaired) electrons. The standard InChI is InChI=1S/C17H22N4O/c1-4-17(10-16(12-22-17)21-9-7-19-14-21)13-20(8-1)11-15-2-5-18-6-3-15/h2-3,5-7,9,14,16H,1,4,8,10-13H2/t16-,17+/m1/s1. The van der Waals surface area contributed by atoms with Gasteiger partial charge in [0.25, 0.3) is 0 Å². The van der Waals surface area contributed by atoms with Gasteiger partial charge in [-0.15, -0.1) is 0 Å². The fraction of sp³-hybridized carbons (Fsp3) is 0.529. The van der Waals surface area contributed by atoms with Crippen molar-refractivity contribution in [1.82, 2.24) is 19.4 Å². The number of pyridine rings is 1. The lowest BCUT2D eigenvalue weighted by molar-refractivity contribution is -0.0534. The molecule has 0 bridgehead atoms. The second-order valence-electron chi connectivity index (χ2n) is 6.53. The molecule has 2 fully saturated rings. The molecule has 22 heavy (non-hydrogen) atoms. The molecule has 1 spiro atoms. The molecule has 2 aromatic heterocycles. The fourth-order valence-corrected chi connectivity index (χ4v) is 3.85. The van der Waals surface area contributed by atoms with E-state index in [9.17, 15) is 0 Å². The number of imidazole rings is 1. The summed E-state index contributed by atoms with van der Waals surface area (Å²) < 4.78 is 8.47. The molecule has 2 saturated heterocycles. The van der Waals surface area contributed by atoms with Crippen LogP contribution in [0.1, 0.15) is 30.9 Å². The Labute approximate surface area is 130 Å². The quantitative estimate of drug-likeness (QED) is 0.872. The molecule has 2 aliphatic rings. The van der Waals surface area contributed by atoms with E-state index in [1.807, 2.05) is 31.1 Å². The lowest BCUT2D eigenvalue weighted by atomic mass is 9.88. The molecular weight excluding hydrogens is 276 g/mol. The molecule has 2 aliphatic heterocycles. The largest absolute Gasteiger partial charge is 0.371 e. The van der Waals surface area contributed by atoms with Gasteiger partial charge in [-0.2, -0.15) is 0 Å². The Balaban J connectivity index is 1.43. The summed E-state index contributed by atoms with van der Waals surface area (Å²) in [5.74, 6) is 0. The van der Waals surface area contributed by atoms with Crippen LogP contribution in [-0.2, 0) is 11.3 Å². The minimum absolute atomic E-state index is 0.0280. The van der Waals surface area contributed by atoms with Crippen molar-refractivity contribution in [2.45, 2.75) is 37.5 Å². The minimum atomic E-state index is 0.0280. The van der Waals surface area contributed by atoms with E-state index in [0.717, 1.165) is 32.7 Å². The van der Waals surface area contributed by atoms with Gasteiger partial charge in [-0.3, -0.25) is 9.88 Å². The van der Waals surface area contributed by atoms with Crippen LogP contribution < -0.4 is 0 Å². The predicted octanol–water partition coefficient (Wildman–Crippen LogP) is 2.27. The maximum Gasteiger partial charge on any atom is 0.0949 e. The van der Waals surface area contributed by atoms with Gasteiger partial charge in [0.2, 0.25) is 0 Å². The topological polar surface area (TPSA) is 43.2 Å². The summed E-state index contributed by atoms with van der Waals surface area (Å²) >= 11 is 0. The number of piperidine rings is 1. The fourth-order valence-electron chi connectivity index (χ4n) is 3.85. The van der Waals surface area contributed by atoms with E-state index in [0.29, 0.717) is 6.04 Å². The van der Waals surface area contributed by atoms with E-state index in [4.69, 9.17) is 4.74 Å². The number of hydrogen-bond acceptors (Lipinski definition) is 4. The summed E-state index contributed by atoms with van der Waals surface area (Å²) in [6, 6.07) is 4.64. The van der Waals surface area contributed by atoms with Crippen LogP contribution in [0.4, 0.5) is 0 Å². The van der Waals surface area contributed by atoms with E-state index in [2.05, 4.69) is 31.6 Å². The number of likely N-dealkylation sites (tertiary alicyclic amines) is 1. The van der Waals surface area contributed by atoms with Crippen molar-refractivity contribution in [2.75, 3.05) is 19.7 Å². The van der Waals surface area contributed by atoms with Gasteiger partial charge < -0.3 is 9.30 Å². The van der Waals surface area contributed by atoms with Crippen molar-refractivity contribution in [1.29, 1.82) is 0 Å². The Morgan fingerprint density at radius 3 is 2.95 bits per heavy atom. The molecule has 5 heteroatoms. The first-order valence-electron chi connectivity index (χ1n) is 8.06. The van der Waals surface area contributed by atoms with Crippen LogP contribution in [0.5, 0.6) is 0 Å². The van der Waals surface area contributed by atoms with Crippen molar-refractivity contribution in [3.05, 3.63) is 48.8 Å². The first kappa shape index (κ1) is 13.9. The van der Waals surface area contributed by atoms with E-state index in [1.165, 1.54) is 18.4 Å². The van der Waals surface area contributed by atoms with Crippen LogP contribution in [0.15, 0.2) is 43.2 Å². The molecule has 0 N–H and O–H groups in total. The van der Waals surface area contributed by atoms with Gasteiger partial charge >= 0.3 is 0 Å². The van der Waals surface area contributed by atoms with Gasteiger partial charge in [0.05, 0.1) is 24.6 Å². The minimum Gasteiger partial charge on any atom is -0.371 e. The van der Waals surface area contributed by atoms with Gasteiger partial charge in [-0.05, 0) is 37.1 Å². The highest BCUT2D eigenvalue weighted by Crippen LogP contribution is 2.39. The van der Waals surface area contributed by atoms with Crippen molar-refractivity contribution in [3.8, 4) is 0 Å². The van der Waals surface area contributed by atoms with Crippen LogP contribution in [0, 0.1) is 0 Å². The van der Waals surface area contributed by atoms with Crippen molar-refractivity contribution < 1.29 is 4.74 Å². The van der Waals surface area contributed by atoms with E-state index in [-0.39, 0.29) is 5.60 Å². The van der Waals surface area contributed by atoms with Gasteiger partial charge in [0, 0.05) is 44.3 Å². The number of rotatable bonds is 3. The monoisotopic (exact) mass is 298 g/mol. The Hall–Kier alpha value is -1.72. The molecule has 0 aromatic carbocycles. The second kappa shape index (κ2) is 5.82. The Bertz CT molecular complexity index is 600. The Kier molecular flexibility index (Phi) is 3.68.